The van der Waals surface area contributed by atoms with Crippen LogP contribution in [0.2, 0.25) is 0 Å². The number of nitrogens with zero attached hydrogens (tertiary/aromatic N) is 1. The van der Waals surface area contributed by atoms with Crippen molar-refractivity contribution in [2.45, 2.75) is 57.5 Å². The van der Waals surface area contributed by atoms with E-state index in [4.69, 9.17) is 28.4 Å². The summed E-state index contributed by atoms with van der Waals surface area (Å²) in [4.78, 5) is 42.0. The van der Waals surface area contributed by atoms with E-state index in [0.717, 1.165) is 16.3 Å². The van der Waals surface area contributed by atoms with Gasteiger partial charge in [0.1, 0.15) is 6.10 Å². The summed E-state index contributed by atoms with van der Waals surface area (Å²) in [6, 6.07) is 13.8. The van der Waals surface area contributed by atoms with E-state index in [1.165, 1.54) is 26.3 Å². The van der Waals surface area contributed by atoms with Gasteiger partial charge in [0.2, 0.25) is 6.79 Å². The Morgan fingerprint density at radius 1 is 1.09 bits per heavy atom. The molecule has 0 radical (unpaired) electrons. The SMILES string of the molecule is COc1ccnc(C(=O)NC2COCC(Cc3cccc4ccccc34)C(OCCCC(F)(F)F)C(C)OC2=O)c1OCOC(C)=O. The second-order valence-electron chi connectivity index (χ2n) is 11.0. The molecule has 4 unspecified atom stereocenters. The van der Waals surface area contributed by atoms with E-state index >= 15 is 0 Å². The third kappa shape index (κ3) is 10.0. The van der Waals surface area contributed by atoms with E-state index in [-0.39, 0.29) is 43.4 Å². The lowest BCUT2D eigenvalue weighted by molar-refractivity contribution is -0.162. The fourth-order valence-corrected chi connectivity index (χ4v) is 5.30. The average molecular weight is 663 g/mol. The lowest BCUT2D eigenvalue weighted by Gasteiger charge is -2.31. The van der Waals surface area contributed by atoms with Crippen LogP contribution >= 0.6 is 0 Å². The van der Waals surface area contributed by atoms with Crippen molar-refractivity contribution in [3.8, 4) is 11.5 Å². The molecule has 0 saturated carbocycles. The molecule has 2 heterocycles. The van der Waals surface area contributed by atoms with Crippen molar-refractivity contribution in [2.75, 3.05) is 33.7 Å². The monoisotopic (exact) mass is 662 g/mol. The van der Waals surface area contributed by atoms with Gasteiger partial charge in [-0.1, -0.05) is 42.5 Å². The van der Waals surface area contributed by atoms with Gasteiger partial charge in [-0.3, -0.25) is 9.59 Å². The first-order valence-electron chi connectivity index (χ1n) is 15.0. The number of amides is 1. The minimum absolute atomic E-state index is 0.0503. The lowest BCUT2D eigenvalue weighted by atomic mass is 9.89. The fraction of sp³-hybridized carbons (Fsp3) is 0.455. The van der Waals surface area contributed by atoms with Crippen LogP contribution in [0.5, 0.6) is 11.5 Å². The van der Waals surface area contributed by atoms with Gasteiger partial charge in [-0.05, 0) is 36.1 Å². The normalized spacial score (nSPS) is 20.3. The third-order valence-electron chi connectivity index (χ3n) is 7.48. The van der Waals surface area contributed by atoms with E-state index < -0.39 is 61.4 Å². The number of hydrogen-bond donors (Lipinski definition) is 1. The van der Waals surface area contributed by atoms with Crippen molar-refractivity contribution in [1.29, 1.82) is 0 Å². The Morgan fingerprint density at radius 3 is 2.60 bits per heavy atom. The summed E-state index contributed by atoms with van der Waals surface area (Å²) >= 11 is 0. The summed E-state index contributed by atoms with van der Waals surface area (Å²) in [5.41, 5.74) is 0.713. The molecule has 4 atom stereocenters. The first-order valence-corrected chi connectivity index (χ1v) is 15.0. The summed E-state index contributed by atoms with van der Waals surface area (Å²) in [5.74, 6) is -2.70. The second-order valence-corrected chi connectivity index (χ2v) is 11.0. The first-order chi connectivity index (χ1) is 22.5. The third-order valence-corrected chi connectivity index (χ3v) is 7.48. The highest BCUT2D eigenvalue weighted by molar-refractivity contribution is 5.98. The van der Waals surface area contributed by atoms with Crippen LogP contribution in [0.1, 0.15) is 42.7 Å². The van der Waals surface area contributed by atoms with Crippen molar-refractivity contribution in [3.05, 3.63) is 66.0 Å². The van der Waals surface area contributed by atoms with Gasteiger partial charge in [-0.15, -0.1) is 0 Å². The molecule has 3 aromatic rings. The summed E-state index contributed by atoms with van der Waals surface area (Å²) in [7, 11) is 1.34. The molecule has 254 valence electrons. The molecule has 0 spiro atoms. The molecule has 4 rings (SSSR count). The van der Waals surface area contributed by atoms with Gasteiger partial charge in [0.05, 0.1) is 26.4 Å². The molecule has 1 amide bonds. The molecule has 1 fully saturated rings. The summed E-state index contributed by atoms with van der Waals surface area (Å²) in [6.07, 6.45) is -5.63. The van der Waals surface area contributed by atoms with E-state index in [1.807, 2.05) is 42.5 Å². The smallest absolute Gasteiger partial charge is 0.389 e. The number of fused-ring (bicyclic) bond motifs is 1. The van der Waals surface area contributed by atoms with Crippen LogP contribution < -0.4 is 14.8 Å². The topological polar surface area (TPSA) is 132 Å². The minimum atomic E-state index is -4.33. The number of ether oxygens (including phenoxy) is 6. The van der Waals surface area contributed by atoms with E-state index in [0.29, 0.717) is 6.42 Å². The summed E-state index contributed by atoms with van der Waals surface area (Å²) < 4.78 is 71.7. The predicted octanol–water partition coefficient (Wildman–Crippen LogP) is 4.79. The highest BCUT2D eigenvalue weighted by Crippen LogP contribution is 2.31. The number of methoxy groups -OCH3 is 1. The maximum absolute atomic E-state index is 13.4. The second kappa shape index (κ2) is 16.4. The number of benzene rings is 2. The molecule has 0 aliphatic carbocycles. The van der Waals surface area contributed by atoms with Gasteiger partial charge in [0, 0.05) is 38.1 Å². The van der Waals surface area contributed by atoms with Crippen LogP contribution in [-0.4, -0.2) is 81.0 Å². The molecule has 1 aliphatic rings. The van der Waals surface area contributed by atoms with Gasteiger partial charge >= 0.3 is 18.1 Å². The van der Waals surface area contributed by atoms with Crippen LogP contribution in [0.15, 0.2) is 54.7 Å². The van der Waals surface area contributed by atoms with Crippen molar-refractivity contribution < 1.29 is 56.0 Å². The number of rotatable bonds is 12. The Labute approximate surface area is 269 Å². The Balaban J connectivity index is 1.55. The van der Waals surface area contributed by atoms with Gasteiger partial charge in [-0.25, -0.2) is 9.78 Å². The van der Waals surface area contributed by atoms with Crippen molar-refractivity contribution >= 4 is 28.6 Å². The van der Waals surface area contributed by atoms with E-state index in [9.17, 15) is 27.6 Å². The molecule has 47 heavy (non-hydrogen) atoms. The van der Waals surface area contributed by atoms with Crippen molar-refractivity contribution in [2.24, 2.45) is 5.92 Å². The lowest BCUT2D eigenvalue weighted by Crippen LogP contribution is -2.46. The summed E-state index contributed by atoms with van der Waals surface area (Å²) in [6.45, 7) is 1.82. The van der Waals surface area contributed by atoms with Crippen LogP contribution in [0, 0.1) is 5.92 Å². The highest BCUT2D eigenvalue weighted by atomic mass is 19.4. The molecule has 0 bridgehead atoms. The quantitative estimate of drug-likeness (QED) is 0.164. The Morgan fingerprint density at radius 2 is 1.85 bits per heavy atom. The number of nitrogens with one attached hydrogen (secondary N) is 1. The molecule has 2 aromatic carbocycles. The largest absolute Gasteiger partial charge is 0.493 e. The number of alkyl halides is 3. The zero-order chi connectivity index (χ0) is 34.0. The molecule has 1 aliphatic heterocycles. The Kier molecular flexibility index (Phi) is 12.4. The maximum atomic E-state index is 13.4. The van der Waals surface area contributed by atoms with Crippen LogP contribution in [0.3, 0.4) is 0 Å². The van der Waals surface area contributed by atoms with E-state index in [1.54, 1.807) is 6.92 Å². The molecule has 1 saturated heterocycles. The van der Waals surface area contributed by atoms with Gasteiger partial charge in [0.15, 0.2) is 23.2 Å². The number of aromatic nitrogens is 1. The number of halogens is 3. The number of hydrogen-bond acceptors (Lipinski definition) is 10. The first kappa shape index (κ1) is 35.4. The number of carbonyl (C=O) groups excluding carboxylic acids is 3. The van der Waals surface area contributed by atoms with Gasteiger partial charge in [-0.2, -0.15) is 13.2 Å². The fourth-order valence-electron chi connectivity index (χ4n) is 5.30. The van der Waals surface area contributed by atoms with Crippen molar-refractivity contribution in [1.82, 2.24) is 10.3 Å². The van der Waals surface area contributed by atoms with Crippen LogP contribution in [0.25, 0.3) is 10.8 Å². The average Bonchev–Trinajstić information content (AvgIpc) is 3.07. The van der Waals surface area contributed by atoms with Crippen LogP contribution in [0.4, 0.5) is 13.2 Å². The standard InChI is InChI=1S/C33H37F3N2O9/c1-20-29(44-15-7-13-33(34,35)36)24(16-23-10-6-9-22-8-4-5-11-25(22)23)17-43-18-26(32(41)47-20)38-31(40)28-30(46-19-45-21(2)39)27(42-3)12-14-37-28/h4-6,8-12,14,20,24,26,29H,7,13,15-19H2,1-3H3,(H,38,40). The van der Waals surface area contributed by atoms with Gasteiger partial charge in [0.25, 0.3) is 5.91 Å². The number of cyclic esters (lactones) is 1. The minimum Gasteiger partial charge on any atom is -0.493 e. The zero-order valence-corrected chi connectivity index (χ0v) is 26.2. The molecule has 1 N–H and O–H groups in total. The number of esters is 2. The number of carbonyl (C=O) groups is 3. The molecule has 1 aromatic heterocycles. The number of pyridine rings is 1. The summed E-state index contributed by atoms with van der Waals surface area (Å²) in [5, 5.41) is 4.57. The molecule has 11 nitrogen and oxygen atoms in total. The Hall–Kier alpha value is -4.43. The van der Waals surface area contributed by atoms with E-state index in [2.05, 4.69) is 10.3 Å². The van der Waals surface area contributed by atoms with Gasteiger partial charge < -0.3 is 33.7 Å². The zero-order valence-electron chi connectivity index (χ0n) is 26.2. The van der Waals surface area contributed by atoms with Crippen molar-refractivity contribution in [3.63, 3.8) is 0 Å². The predicted molar refractivity (Wildman–Crippen MR) is 162 cm³/mol. The maximum Gasteiger partial charge on any atom is 0.389 e. The van der Waals surface area contributed by atoms with Crippen LogP contribution in [-0.2, 0) is 35.0 Å². The molecule has 14 heteroatoms. The molecular formula is C33H37F3N2O9. The Bertz CT molecular complexity index is 1530. The molecular weight excluding hydrogens is 625 g/mol. The highest BCUT2D eigenvalue weighted by Gasteiger charge is 2.37.